The lowest BCUT2D eigenvalue weighted by Crippen LogP contribution is -2.45. The molecule has 526 valence electrons. The fourth-order valence-electron chi connectivity index (χ4n) is 13.0. The van der Waals surface area contributed by atoms with Crippen molar-refractivity contribution in [3.05, 3.63) is 36.5 Å². The minimum Gasteiger partial charge on any atom is -0.466 e. The Labute approximate surface area is 557 Å². The number of hydrogen-bond acceptors (Lipinski definition) is 5. The summed E-state index contributed by atoms with van der Waals surface area (Å²) in [6.45, 7) is 4.95. The lowest BCUT2D eigenvalue weighted by atomic mass is 10.0. The molecular weight excluding hydrogens is 1090 g/mol. The third kappa shape index (κ3) is 75.0. The summed E-state index contributed by atoms with van der Waals surface area (Å²) in [5.74, 6) is -0.0396. The summed E-state index contributed by atoms with van der Waals surface area (Å²) in [5.41, 5.74) is 0. The number of carbonyl (C=O) groups excluding carboxylic acids is 2. The molecule has 1 amide bonds. The number of nitrogens with one attached hydrogen (secondary N) is 1. The number of amides is 1. The maximum atomic E-state index is 12.5. The zero-order chi connectivity index (χ0) is 64.2. The van der Waals surface area contributed by atoms with Crippen molar-refractivity contribution >= 4 is 11.9 Å². The molecule has 3 N–H and O–H groups in total. The Morgan fingerprint density at radius 2 is 0.562 bits per heavy atom. The van der Waals surface area contributed by atoms with E-state index < -0.39 is 12.1 Å². The van der Waals surface area contributed by atoms with Crippen LogP contribution in [0.25, 0.3) is 0 Å². The van der Waals surface area contributed by atoms with E-state index in [0.29, 0.717) is 19.4 Å². The molecule has 6 nitrogen and oxygen atoms in total. The Balaban J connectivity index is 3.38. The highest BCUT2D eigenvalue weighted by atomic mass is 16.5. The van der Waals surface area contributed by atoms with E-state index >= 15 is 0 Å². The van der Waals surface area contributed by atoms with E-state index in [9.17, 15) is 19.8 Å². The second kappa shape index (κ2) is 78.5. The van der Waals surface area contributed by atoms with Crippen molar-refractivity contribution in [3.8, 4) is 0 Å². The fourth-order valence-corrected chi connectivity index (χ4v) is 13.0. The highest BCUT2D eigenvalue weighted by molar-refractivity contribution is 5.76. The molecule has 0 aliphatic carbocycles. The molecule has 0 aromatic rings. The molecule has 0 fully saturated rings. The normalized spacial score (nSPS) is 12.6. The second-order valence-electron chi connectivity index (χ2n) is 28.1. The van der Waals surface area contributed by atoms with E-state index in [1.54, 1.807) is 6.08 Å². The minimum absolute atomic E-state index is 0.0205. The molecule has 0 aromatic carbocycles. The first kappa shape index (κ1) is 87.1. The van der Waals surface area contributed by atoms with Crippen LogP contribution in [0.15, 0.2) is 36.5 Å². The minimum atomic E-state index is -0.844. The van der Waals surface area contributed by atoms with Gasteiger partial charge in [0, 0.05) is 12.8 Å². The molecule has 0 spiro atoms. The van der Waals surface area contributed by atoms with Gasteiger partial charge in [-0.05, 0) is 64.2 Å². The average Bonchev–Trinajstić information content (AvgIpc) is 3.67. The van der Waals surface area contributed by atoms with E-state index in [0.717, 1.165) is 44.9 Å². The Hall–Kier alpha value is -1.92. The number of rotatable bonds is 77. The summed E-state index contributed by atoms with van der Waals surface area (Å²) in [4.78, 5) is 24.6. The van der Waals surface area contributed by atoms with Crippen LogP contribution in [-0.2, 0) is 14.3 Å². The molecule has 0 radical (unpaired) electrons. The van der Waals surface area contributed by atoms with Gasteiger partial charge < -0.3 is 20.3 Å². The number of ether oxygens (including phenoxy) is 1. The SMILES string of the molecule is CCCCCCCCCCCCCCCCCCCCCC/C=C/C(O)C(CO)NC(=O)CCCCCCCCCCCCCCCCCCC/C=C\C/C=C\CCCCCCCCCCCCCCCCCOC(=O)CCCCCCCCCCCCC. The van der Waals surface area contributed by atoms with Gasteiger partial charge >= 0.3 is 5.97 Å². The Bertz CT molecular complexity index is 1440. The van der Waals surface area contributed by atoms with Crippen LogP contribution in [-0.4, -0.2) is 47.4 Å². The smallest absolute Gasteiger partial charge is 0.305 e. The van der Waals surface area contributed by atoms with E-state index in [4.69, 9.17) is 4.74 Å². The van der Waals surface area contributed by atoms with Crippen LogP contribution < -0.4 is 5.32 Å². The molecule has 6 heteroatoms. The summed E-state index contributed by atoms with van der Waals surface area (Å²) in [5, 5.41) is 23.3. The van der Waals surface area contributed by atoms with Crippen molar-refractivity contribution in [2.24, 2.45) is 0 Å². The Morgan fingerprint density at radius 1 is 0.315 bits per heavy atom. The molecule has 0 rings (SSSR count). The third-order valence-corrected chi connectivity index (χ3v) is 19.2. The zero-order valence-electron chi connectivity index (χ0n) is 60.4. The molecule has 0 heterocycles. The molecule has 0 aliphatic rings. The first-order valence-electron chi connectivity index (χ1n) is 40.8. The number of aliphatic hydroxyl groups is 2. The van der Waals surface area contributed by atoms with Crippen LogP contribution in [0.2, 0.25) is 0 Å². The number of unbranched alkanes of at least 4 members (excludes halogenated alkanes) is 62. The molecule has 2 atom stereocenters. The Morgan fingerprint density at radius 3 is 0.854 bits per heavy atom. The summed E-state index contributed by atoms with van der Waals surface area (Å²) >= 11 is 0. The summed E-state index contributed by atoms with van der Waals surface area (Å²) in [6, 6.07) is -0.627. The van der Waals surface area contributed by atoms with Gasteiger partial charge in [-0.1, -0.05) is 416 Å². The predicted octanol–water partition coefficient (Wildman–Crippen LogP) is 27.0. The number of allylic oxidation sites excluding steroid dienone is 5. The van der Waals surface area contributed by atoms with Crippen LogP contribution in [0, 0.1) is 0 Å². The van der Waals surface area contributed by atoms with Crippen molar-refractivity contribution in [2.45, 2.75) is 469 Å². The predicted molar refractivity (Wildman–Crippen MR) is 393 cm³/mol. The van der Waals surface area contributed by atoms with Gasteiger partial charge in [-0.15, -0.1) is 0 Å². The van der Waals surface area contributed by atoms with Gasteiger partial charge in [0.25, 0.3) is 0 Å². The summed E-state index contributed by atoms with van der Waals surface area (Å²) < 4.78 is 5.48. The van der Waals surface area contributed by atoms with E-state index in [2.05, 4.69) is 43.5 Å². The van der Waals surface area contributed by atoms with Gasteiger partial charge in [0.1, 0.15) is 0 Å². The maximum absolute atomic E-state index is 12.5. The number of aliphatic hydroxyl groups excluding tert-OH is 2. The van der Waals surface area contributed by atoms with Crippen LogP contribution >= 0.6 is 0 Å². The quantitative estimate of drug-likeness (QED) is 0.0320. The van der Waals surface area contributed by atoms with Crippen LogP contribution in [0.4, 0.5) is 0 Å². The second-order valence-corrected chi connectivity index (χ2v) is 28.1. The van der Waals surface area contributed by atoms with E-state index in [1.165, 1.54) is 385 Å². The first-order valence-corrected chi connectivity index (χ1v) is 40.8. The van der Waals surface area contributed by atoms with Crippen molar-refractivity contribution in [1.29, 1.82) is 0 Å². The number of esters is 1. The van der Waals surface area contributed by atoms with Gasteiger partial charge in [-0.3, -0.25) is 9.59 Å². The summed E-state index contributed by atoms with van der Waals surface area (Å²) in [7, 11) is 0. The maximum Gasteiger partial charge on any atom is 0.305 e. The van der Waals surface area contributed by atoms with Gasteiger partial charge in [0.15, 0.2) is 0 Å². The molecular formula is C83H159NO5. The van der Waals surface area contributed by atoms with Crippen LogP contribution in [0.1, 0.15) is 457 Å². The standard InChI is InChI=1S/C83H159NO5/c1-3-5-7-9-11-13-15-16-17-18-19-20-40-43-46-49-52-56-59-63-67-71-75-81(86)80(79-85)84-82(87)76-72-68-64-60-57-53-50-47-44-41-38-36-34-32-30-28-26-24-22-21-23-25-27-29-31-33-35-37-39-42-45-48-51-54-58-62-66-70-74-78-89-83(88)77-73-69-65-61-55-14-12-10-8-6-4-2/h21-22,25,27,71,75,80-81,85-86H,3-20,23-24,26,28-70,72-74,76-79H2,1-2H3,(H,84,87)/b22-21-,27-25-,75-71+. The van der Waals surface area contributed by atoms with Gasteiger partial charge in [-0.2, -0.15) is 0 Å². The first-order chi connectivity index (χ1) is 44.0. The molecule has 2 unspecified atom stereocenters. The molecule has 0 bridgehead atoms. The van der Waals surface area contributed by atoms with Crippen LogP contribution in [0.3, 0.4) is 0 Å². The van der Waals surface area contributed by atoms with Crippen LogP contribution in [0.5, 0.6) is 0 Å². The third-order valence-electron chi connectivity index (χ3n) is 19.2. The van der Waals surface area contributed by atoms with Crippen molar-refractivity contribution < 1.29 is 24.5 Å². The summed E-state index contributed by atoms with van der Waals surface area (Å²) in [6.07, 6.45) is 103. The van der Waals surface area contributed by atoms with Crippen molar-refractivity contribution in [2.75, 3.05) is 13.2 Å². The highest BCUT2D eigenvalue weighted by Crippen LogP contribution is 2.20. The van der Waals surface area contributed by atoms with Gasteiger partial charge in [0.05, 0.1) is 25.4 Å². The number of carbonyl (C=O) groups is 2. The van der Waals surface area contributed by atoms with Gasteiger partial charge in [-0.25, -0.2) is 0 Å². The Kier molecular flexibility index (Phi) is 76.8. The van der Waals surface area contributed by atoms with E-state index in [1.807, 2.05) is 6.08 Å². The molecule has 0 aliphatic heterocycles. The van der Waals surface area contributed by atoms with E-state index in [-0.39, 0.29) is 18.5 Å². The lowest BCUT2D eigenvalue weighted by molar-refractivity contribution is -0.143. The van der Waals surface area contributed by atoms with Crippen molar-refractivity contribution in [1.82, 2.24) is 5.32 Å². The largest absolute Gasteiger partial charge is 0.466 e. The number of hydrogen-bond donors (Lipinski definition) is 3. The average molecular weight is 1250 g/mol. The zero-order valence-corrected chi connectivity index (χ0v) is 60.4. The lowest BCUT2D eigenvalue weighted by Gasteiger charge is -2.20. The molecule has 0 saturated heterocycles. The van der Waals surface area contributed by atoms with Crippen molar-refractivity contribution in [3.63, 3.8) is 0 Å². The molecule has 89 heavy (non-hydrogen) atoms. The molecule has 0 saturated carbocycles. The highest BCUT2D eigenvalue weighted by Gasteiger charge is 2.18. The van der Waals surface area contributed by atoms with Gasteiger partial charge in [0.2, 0.25) is 5.91 Å². The molecule has 0 aromatic heterocycles. The topological polar surface area (TPSA) is 95.9 Å². The monoisotopic (exact) mass is 1250 g/mol. The fraction of sp³-hybridized carbons (Fsp3) is 0.904.